The molecule has 4 nitrogen and oxygen atoms in total. The van der Waals surface area contributed by atoms with Crippen LogP contribution in [0.2, 0.25) is 0 Å². The van der Waals surface area contributed by atoms with Crippen LogP contribution in [-0.2, 0) is 14.3 Å². The molecule has 1 fully saturated rings. The molecule has 2 aliphatic heterocycles. The number of hydrogen-bond acceptors (Lipinski definition) is 4. The van der Waals surface area contributed by atoms with Crippen molar-refractivity contribution in [3.63, 3.8) is 0 Å². The van der Waals surface area contributed by atoms with Gasteiger partial charge in [-0.25, -0.2) is 4.79 Å². The van der Waals surface area contributed by atoms with Crippen molar-refractivity contribution < 1.29 is 19.4 Å². The Morgan fingerprint density at radius 1 is 1.50 bits per heavy atom. The number of aliphatic hydroxyl groups excluding tert-OH is 1. The van der Waals surface area contributed by atoms with Crippen LogP contribution in [0, 0.1) is 0 Å². The van der Waals surface area contributed by atoms with Crippen molar-refractivity contribution in [3.05, 3.63) is 12.2 Å². The summed E-state index contributed by atoms with van der Waals surface area (Å²) in [5, 5.41) is 9.37. The van der Waals surface area contributed by atoms with Crippen molar-refractivity contribution in [2.75, 3.05) is 0 Å². The average Bonchev–Trinajstić information content (AvgIpc) is 2.73. The maximum absolute atomic E-state index is 10.8. The van der Waals surface area contributed by atoms with Crippen molar-refractivity contribution in [2.45, 2.75) is 31.3 Å². The molecule has 0 amide bonds. The van der Waals surface area contributed by atoms with Crippen LogP contribution in [0.1, 0.15) is 6.92 Å². The topological polar surface area (TPSA) is 59.1 Å². The third-order valence-electron chi connectivity index (χ3n) is 2.10. The lowest BCUT2D eigenvalue weighted by Crippen LogP contribution is -2.37. The van der Waals surface area contributed by atoms with Gasteiger partial charge in [0.15, 0.2) is 6.10 Å². The van der Waals surface area contributed by atoms with Gasteiger partial charge in [0.05, 0.1) is 6.10 Å². The molecule has 0 aromatic carbocycles. The minimum atomic E-state index is -0.724. The summed E-state index contributed by atoms with van der Waals surface area (Å²) in [6.45, 7) is 1.88. The Bertz CT molecular complexity index is 235. The number of carbonyl (C=O) groups is 1. The fourth-order valence-corrected chi connectivity index (χ4v) is 1.34. The highest BCUT2D eigenvalue weighted by molar-refractivity contribution is 5.83. The second-order valence-electron chi connectivity index (χ2n) is 3.06. The van der Waals surface area contributed by atoms with Crippen molar-refractivity contribution in [3.8, 4) is 0 Å². The lowest BCUT2D eigenvalue weighted by atomic mass is 10.1. The lowest BCUT2D eigenvalue weighted by Gasteiger charge is -2.21. The average molecular weight is 170 g/mol. The highest BCUT2D eigenvalue weighted by atomic mass is 16.6. The molecule has 0 aliphatic carbocycles. The highest BCUT2D eigenvalue weighted by Gasteiger charge is 2.47. The van der Waals surface area contributed by atoms with E-state index in [1.54, 1.807) is 0 Å². The van der Waals surface area contributed by atoms with E-state index in [1.807, 2.05) is 6.92 Å². The number of esters is 1. The standard InChI is InChI=1S/C8H10O4/c1-4-7(11-4)8-5(9)2-3-6(10)12-8/h2-5,7-9H,1H3/t4-,5-,7+,8-/m1/s1. The van der Waals surface area contributed by atoms with Gasteiger partial charge in [0, 0.05) is 6.08 Å². The molecule has 1 N–H and O–H groups in total. The molecule has 2 rings (SSSR count). The molecule has 2 aliphatic rings. The molecule has 4 heteroatoms. The Kier molecular flexibility index (Phi) is 1.66. The quantitative estimate of drug-likeness (QED) is 0.430. The van der Waals surface area contributed by atoms with Gasteiger partial charge in [-0.05, 0) is 13.0 Å². The summed E-state index contributed by atoms with van der Waals surface area (Å²) < 4.78 is 10.00. The SMILES string of the molecule is C[C@H]1O[C@@H]1[C@@H]1OC(=O)C=C[C@H]1O. The molecule has 0 radical (unpaired) electrons. The van der Waals surface area contributed by atoms with Crippen LogP contribution < -0.4 is 0 Å². The van der Waals surface area contributed by atoms with Gasteiger partial charge in [0.1, 0.15) is 12.2 Å². The first-order valence-corrected chi connectivity index (χ1v) is 3.91. The summed E-state index contributed by atoms with van der Waals surface area (Å²) in [6.07, 6.45) is 1.38. The van der Waals surface area contributed by atoms with E-state index in [2.05, 4.69) is 0 Å². The van der Waals surface area contributed by atoms with Crippen LogP contribution in [0.5, 0.6) is 0 Å². The Morgan fingerprint density at radius 3 is 2.75 bits per heavy atom. The number of cyclic esters (lactones) is 1. The van der Waals surface area contributed by atoms with E-state index < -0.39 is 18.2 Å². The van der Waals surface area contributed by atoms with E-state index >= 15 is 0 Å². The van der Waals surface area contributed by atoms with Gasteiger partial charge in [-0.2, -0.15) is 0 Å². The zero-order valence-electron chi connectivity index (χ0n) is 6.64. The third kappa shape index (κ3) is 1.23. The highest BCUT2D eigenvalue weighted by Crippen LogP contribution is 2.30. The first-order valence-electron chi connectivity index (χ1n) is 3.91. The molecule has 0 spiro atoms. The van der Waals surface area contributed by atoms with E-state index in [0.717, 1.165) is 0 Å². The molecule has 0 bridgehead atoms. The van der Waals surface area contributed by atoms with E-state index in [9.17, 15) is 9.90 Å². The van der Waals surface area contributed by atoms with Gasteiger partial charge in [-0.3, -0.25) is 0 Å². The monoisotopic (exact) mass is 170 g/mol. The zero-order chi connectivity index (χ0) is 8.72. The molecular formula is C8H10O4. The Morgan fingerprint density at radius 2 is 2.17 bits per heavy atom. The van der Waals surface area contributed by atoms with E-state index in [4.69, 9.17) is 9.47 Å². The molecular weight excluding hydrogens is 160 g/mol. The van der Waals surface area contributed by atoms with Gasteiger partial charge in [0.2, 0.25) is 0 Å². The lowest BCUT2D eigenvalue weighted by molar-refractivity contribution is -0.150. The molecule has 2 heterocycles. The second-order valence-corrected chi connectivity index (χ2v) is 3.06. The van der Waals surface area contributed by atoms with E-state index in [0.29, 0.717) is 0 Å². The summed E-state index contributed by atoms with van der Waals surface area (Å²) in [6, 6.07) is 0. The Balaban J connectivity index is 2.06. The van der Waals surface area contributed by atoms with Crippen LogP contribution in [0.3, 0.4) is 0 Å². The molecule has 4 atom stereocenters. The molecule has 0 aromatic heterocycles. The summed E-state index contributed by atoms with van der Waals surface area (Å²) in [5.41, 5.74) is 0. The van der Waals surface area contributed by atoms with Gasteiger partial charge in [-0.15, -0.1) is 0 Å². The van der Waals surface area contributed by atoms with Gasteiger partial charge >= 0.3 is 5.97 Å². The summed E-state index contributed by atoms with van der Waals surface area (Å²) in [4.78, 5) is 10.8. The minimum Gasteiger partial charge on any atom is -0.453 e. The number of hydrogen-bond donors (Lipinski definition) is 1. The van der Waals surface area contributed by atoms with Gasteiger partial charge in [0.25, 0.3) is 0 Å². The molecule has 12 heavy (non-hydrogen) atoms. The van der Waals surface area contributed by atoms with Crippen molar-refractivity contribution in [1.82, 2.24) is 0 Å². The fraction of sp³-hybridized carbons (Fsp3) is 0.625. The summed E-state index contributed by atoms with van der Waals surface area (Å²) in [7, 11) is 0. The summed E-state index contributed by atoms with van der Waals surface area (Å²) >= 11 is 0. The van der Waals surface area contributed by atoms with Crippen molar-refractivity contribution in [1.29, 1.82) is 0 Å². The predicted molar refractivity (Wildman–Crippen MR) is 39.4 cm³/mol. The smallest absolute Gasteiger partial charge is 0.330 e. The fourth-order valence-electron chi connectivity index (χ4n) is 1.34. The van der Waals surface area contributed by atoms with Crippen LogP contribution in [0.25, 0.3) is 0 Å². The molecule has 0 aromatic rings. The van der Waals surface area contributed by atoms with Crippen LogP contribution in [0.4, 0.5) is 0 Å². The maximum Gasteiger partial charge on any atom is 0.330 e. The minimum absolute atomic E-state index is 0.0870. The van der Waals surface area contributed by atoms with Crippen LogP contribution >= 0.6 is 0 Å². The van der Waals surface area contributed by atoms with Crippen molar-refractivity contribution in [2.24, 2.45) is 0 Å². The van der Waals surface area contributed by atoms with E-state index in [1.165, 1.54) is 12.2 Å². The van der Waals surface area contributed by atoms with Gasteiger partial charge in [-0.1, -0.05) is 0 Å². The Hall–Kier alpha value is -0.870. The van der Waals surface area contributed by atoms with Crippen LogP contribution in [-0.4, -0.2) is 35.5 Å². The first kappa shape index (κ1) is 7.76. The van der Waals surface area contributed by atoms with Crippen molar-refractivity contribution >= 4 is 5.97 Å². The summed E-state index contributed by atoms with van der Waals surface area (Å²) in [5.74, 6) is -0.409. The zero-order valence-corrected chi connectivity index (χ0v) is 6.64. The number of aliphatic hydroxyl groups is 1. The second kappa shape index (κ2) is 2.57. The van der Waals surface area contributed by atoms with E-state index in [-0.39, 0.29) is 12.2 Å². The molecule has 1 saturated heterocycles. The maximum atomic E-state index is 10.8. The number of ether oxygens (including phenoxy) is 2. The van der Waals surface area contributed by atoms with Crippen LogP contribution in [0.15, 0.2) is 12.2 Å². The normalized spacial score (nSPS) is 45.7. The Labute approximate surface area is 69.8 Å². The third-order valence-corrected chi connectivity index (χ3v) is 2.10. The molecule has 66 valence electrons. The molecule has 0 saturated carbocycles. The number of epoxide rings is 1. The first-order chi connectivity index (χ1) is 5.68. The molecule has 0 unspecified atom stereocenters. The predicted octanol–water partition coefficient (Wildman–Crippen LogP) is -0.384. The van der Waals surface area contributed by atoms with Gasteiger partial charge < -0.3 is 14.6 Å². The largest absolute Gasteiger partial charge is 0.453 e. The number of rotatable bonds is 1. The number of carbonyl (C=O) groups excluding carboxylic acids is 1.